The van der Waals surface area contributed by atoms with Gasteiger partial charge >= 0.3 is 0 Å². The second kappa shape index (κ2) is 10.8. The second-order valence-electron chi connectivity index (χ2n) is 5.73. The lowest BCUT2D eigenvalue weighted by atomic mass is 10.1. The summed E-state index contributed by atoms with van der Waals surface area (Å²) in [6.07, 6.45) is 2.93. The molecule has 0 unspecified atom stereocenters. The maximum atomic E-state index is 5.68. The van der Waals surface area contributed by atoms with Gasteiger partial charge in [-0.2, -0.15) is 0 Å². The summed E-state index contributed by atoms with van der Waals surface area (Å²) < 4.78 is 5.68. The summed E-state index contributed by atoms with van der Waals surface area (Å²) in [5, 5.41) is 7.70. The van der Waals surface area contributed by atoms with Gasteiger partial charge in [0.25, 0.3) is 0 Å². The van der Waals surface area contributed by atoms with Crippen LogP contribution in [0.3, 0.4) is 0 Å². The van der Waals surface area contributed by atoms with Gasteiger partial charge in [0.15, 0.2) is 5.96 Å². The number of benzene rings is 1. The smallest absolute Gasteiger partial charge is 0.191 e. The van der Waals surface area contributed by atoms with E-state index in [1.807, 2.05) is 18.3 Å². The van der Waals surface area contributed by atoms with Crippen LogP contribution in [0.25, 0.3) is 0 Å². The van der Waals surface area contributed by atoms with Gasteiger partial charge in [0.2, 0.25) is 0 Å². The summed E-state index contributed by atoms with van der Waals surface area (Å²) in [6.45, 7) is 9.81. The van der Waals surface area contributed by atoms with E-state index < -0.39 is 0 Å². The molecule has 0 aliphatic carbocycles. The van der Waals surface area contributed by atoms with Crippen LogP contribution in [0.2, 0.25) is 0 Å². The molecule has 0 aliphatic heterocycles. The number of aliphatic imine (C=N–C) groups is 1. The average Bonchev–Trinajstić information content (AvgIpc) is 3.04. The number of hydrogen-bond donors (Lipinski definition) is 2. The SMILES string of the molecule is CCCOCc1ccccc1CN=C(NCC)NCc1ncc(C)s1. The van der Waals surface area contributed by atoms with Gasteiger partial charge < -0.3 is 15.4 Å². The van der Waals surface area contributed by atoms with Crippen molar-refractivity contribution < 1.29 is 4.74 Å². The molecule has 2 N–H and O–H groups in total. The van der Waals surface area contributed by atoms with Crippen LogP contribution < -0.4 is 10.6 Å². The van der Waals surface area contributed by atoms with Crippen molar-refractivity contribution in [2.24, 2.45) is 4.99 Å². The van der Waals surface area contributed by atoms with E-state index in [0.29, 0.717) is 19.7 Å². The minimum Gasteiger partial charge on any atom is -0.377 e. The number of aryl methyl sites for hydroxylation is 1. The molecule has 0 aliphatic rings. The van der Waals surface area contributed by atoms with Crippen molar-refractivity contribution in [1.29, 1.82) is 0 Å². The first-order valence-electron chi connectivity index (χ1n) is 8.81. The third-order valence-electron chi connectivity index (χ3n) is 3.55. The van der Waals surface area contributed by atoms with Crippen molar-refractivity contribution in [3.05, 3.63) is 51.5 Å². The minimum atomic E-state index is 0.623. The number of hydrogen-bond acceptors (Lipinski definition) is 4. The molecule has 6 heteroatoms. The second-order valence-corrected chi connectivity index (χ2v) is 7.05. The van der Waals surface area contributed by atoms with E-state index in [4.69, 9.17) is 9.73 Å². The van der Waals surface area contributed by atoms with Crippen molar-refractivity contribution in [2.45, 2.75) is 46.9 Å². The minimum absolute atomic E-state index is 0.623. The Bertz CT molecular complexity index is 669. The Balaban J connectivity index is 1.97. The number of rotatable bonds is 9. The molecule has 1 aromatic carbocycles. The summed E-state index contributed by atoms with van der Waals surface area (Å²) >= 11 is 1.70. The van der Waals surface area contributed by atoms with Crippen molar-refractivity contribution >= 4 is 17.3 Å². The molecule has 5 nitrogen and oxygen atoms in total. The van der Waals surface area contributed by atoms with Crippen molar-refractivity contribution in [1.82, 2.24) is 15.6 Å². The zero-order chi connectivity index (χ0) is 17.9. The van der Waals surface area contributed by atoms with E-state index in [0.717, 1.165) is 30.5 Å². The highest BCUT2D eigenvalue weighted by atomic mass is 32.1. The molecule has 0 atom stereocenters. The van der Waals surface area contributed by atoms with E-state index in [-0.39, 0.29) is 0 Å². The molecule has 1 aromatic heterocycles. The molecule has 0 bridgehead atoms. The van der Waals surface area contributed by atoms with Crippen molar-refractivity contribution in [3.63, 3.8) is 0 Å². The highest BCUT2D eigenvalue weighted by Gasteiger charge is 2.04. The first-order valence-corrected chi connectivity index (χ1v) is 9.62. The molecule has 0 spiro atoms. The van der Waals surface area contributed by atoms with E-state index in [9.17, 15) is 0 Å². The Morgan fingerprint density at radius 2 is 2.00 bits per heavy atom. The van der Waals surface area contributed by atoms with Gasteiger partial charge in [-0.15, -0.1) is 11.3 Å². The molecule has 0 amide bonds. The van der Waals surface area contributed by atoms with Gasteiger partial charge in [-0.05, 0) is 31.4 Å². The van der Waals surface area contributed by atoms with Crippen LogP contribution in [0.5, 0.6) is 0 Å². The molecule has 25 heavy (non-hydrogen) atoms. The molecule has 0 saturated heterocycles. The normalized spacial score (nSPS) is 11.6. The van der Waals surface area contributed by atoms with Crippen LogP contribution in [0.1, 0.15) is 41.3 Å². The first-order chi connectivity index (χ1) is 12.2. The molecular formula is C19H28N4OS. The Hall–Kier alpha value is -1.92. The topological polar surface area (TPSA) is 58.5 Å². The predicted octanol–water partition coefficient (Wildman–Crippen LogP) is 3.63. The fourth-order valence-corrected chi connectivity index (χ4v) is 3.05. The van der Waals surface area contributed by atoms with Gasteiger partial charge in [-0.3, -0.25) is 0 Å². The zero-order valence-electron chi connectivity index (χ0n) is 15.3. The lowest BCUT2D eigenvalue weighted by Crippen LogP contribution is -2.36. The molecule has 2 rings (SSSR count). The molecule has 1 heterocycles. The number of guanidine groups is 1. The van der Waals surface area contributed by atoms with Crippen LogP contribution >= 0.6 is 11.3 Å². The van der Waals surface area contributed by atoms with Gasteiger partial charge in [-0.25, -0.2) is 9.98 Å². The van der Waals surface area contributed by atoms with Crippen LogP contribution in [-0.2, 0) is 24.4 Å². The number of aromatic nitrogens is 1. The Kier molecular flexibility index (Phi) is 8.42. The number of nitrogens with zero attached hydrogens (tertiary/aromatic N) is 2. The van der Waals surface area contributed by atoms with E-state index in [1.54, 1.807) is 11.3 Å². The average molecular weight is 361 g/mol. The van der Waals surface area contributed by atoms with Crippen molar-refractivity contribution in [2.75, 3.05) is 13.2 Å². The highest BCUT2D eigenvalue weighted by Crippen LogP contribution is 2.12. The summed E-state index contributed by atoms with van der Waals surface area (Å²) in [5.74, 6) is 0.805. The van der Waals surface area contributed by atoms with Crippen LogP contribution in [0.15, 0.2) is 35.5 Å². The third kappa shape index (κ3) is 6.84. The largest absolute Gasteiger partial charge is 0.377 e. The summed E-state index contributed by atoms with van der Waals surface area (Å²) in [5.41, 5.74) is 2.40. The summed E-state index contributed by atoms with van der Waals surface area (Å²) in [7, 11) is 0. The van der Waals surface area contributed by atoms with Crippen LogP contribution in [-0.4, -0.2) is 24.1 Å². The molecule has 136 valence electrons. The molecule has 0 fully saturated rings. The monoisotopic (exact) mass is 360 g/mol. The van der Waals surface area contributed by atoms with Crippen LogP contribution in [0, 0.1) is 6.92 Å². The fourth-order valence-electron chi connectivity index (χ4n) is 2.33. The predicted molar refractivity (Wildman–Crippen MR) is 105 cm³/mol. The highest BCUT2D eigenvalue weighted by molar-refractivity contribution is 7.11. The van der Waals surface area contributed by atoms with Gasteiger partial charge in [-0.1, -0.05) is 31.2 Å². The first kappa shape index (κ1) is 19.4. The van der Waals surface area contributed by atoms with Gasteiger partial charge in [0.1, 0.15) is 5.01 Å². The summed E-state index contributed by atoms with van der Waals surface area (Å²) in [6, 6.07) is 8.32. The molecule has 0 radical (unpaired) electrons. The number of ether oxygens (including phenoxy) is 1. The Labute approximate surface area is 154 Å². The third-order valence-corrected chi connectivity index (χ3v) is 4.47. The molecular weight excluding hydrogens is 332 g/mol. The molecule has 0 saturated carbocycles. The fraction of sp³-hybridized carbons (Fsp3) is 0.474. The quantitative estimate of drug-likeness (QED) is 0.407. The van der Waals surface area contributed by atoms with E-state index in [2.05, 4.69) is 48.5 Å². The Morgan fingerprint density at radius 3 is 2.68 bits per heavy atom. The molecule has 2 aromatic rings. The standard InChI is InChI=1S/C19H28N4OS/c1-4-10-24-14-17-9-7-6-8-16(17)12-22-19(20-5-2)23-13-18-21-11-15(3)25-18/h6-9,11H,4-5,10,12-14H2,1-3H3,(H2,20,22,23). The summed E-state index contributed by atoms with van der Waals surface area (Å²) in [4.78, 5) is 10.3. The van der Waals surface area contributed by atoms with Gasteiger partial charge in [0.05, 0.1) is 19.7 Å². The van der Waals surface area contributed by atoms with Gasteiger partial charge in [0, 0.05) is 24.2 Å². The number of thiazole rings is 1. The zero-order valence-corrected chi connectivity index (χ0v) is 16.2. The van der Waals surface area contributed by atoms with E-state index >= 15 is 0 Å². The lowest BCUT2D eigenvalue weighted by molar-refractivity contribution is 0.121. The maximum Gasteiger partial charge on any atom is 0.191 e. The maximum absolute atomic E-state index is 5.68. The van der Waals surface area contributed by atoms with Crippen molar-refractivity contribution in [3.8, 4) is 0 Å². The van der Waals surface area contributed by atoms with E-state index in [1.165, 1.54) is 16.0 Å². The lowest BCUT2D eigenvalue weighted by Gasteiger charge is -2.12. The Morgan fingerprint density at radius 1 is 1.20 bits per heavy atom. The number of nitrogens with one attached hydrogen (secondary N) is 2. The van der Waals surface area contributed by atoms with Crippen LogP contribution in [0.4, 0.5) is 0 Å².